The fourth-order valence-corrected chi connectivity index (χ4v) is 1.04. The molecule has 0 amide bonds. The lowest BCUT2D eigenvalue weighted by Crippen LogP contribution is -2.25. The van der Waals surface area contributed by atoms with Gasteiger partial charge in [-0.1, -0.05) is 12.2 Å². The van der Waals surface area contributed by atoms with E-state index < -0.39 is 23.8 Å². The van der Waals surface area contributed by atoms with E-state index in [4.69, 9.17) is 0 Å². The molecule has 0 atom stereocenters. The molecule has 0 aromatic heterocycles. The first-order valence-corrected chi connectivity index (χ1v) is 4.97. The molecule has 0 aliphatic heterocycles. The molecule has 0 saturated carbocycles. The molecule has 0 saturated heterocycles. The molecular weight excluding hydrogens is 228 g/mol. The van der Waals surface area contributed by atoms with Crippen molar-refractivity contribution in [3.8, 4) is 0 Å². The van der Waals surface area contributed by atoms with Gasteiger partial charge in [0.25, 0.3) is 0 Å². The van der Waals surface area contributed by atoms with Crippen molar-refractivity contribution in [1.29, 1.82) is 0 Å². The summed E-state index contributed by atoms with van der Waals surface area (Å²) in [5.74, 6) is -2.70. The van der Waals surface area contributed by atoms with E-state index in [1.165, 1.54) is 21.1 Å². The van der Waals surface area contributed by atoms with E-state index in [9.17, 15) is 14.4 Å². The summed E-state index contributed by atoms with van der Waals surface area (Å²) in [6, 6.07) is 0. The van der Waals surface area contributed by atoms with Crippen molar-refractivity contribution < 1.29 is 28.6 Å². The van der Waals surface area contributed by atoms with E-state index in [1.807, 2.05) is 0 Å². The normalized spacial score (nSPS) is 10.4. The lowest BCUT2D eigenvalue weighted by atomic mass is 10.1. The average Bonchev–Trinajstić information content (AvgIpc) is 2.31. The van der Waals surface area contributed by atoms with Crippen LogP contribution < -0.4 is 0 Å². The van der Waals surface area contributed by atoms with E-state index in [2.05, 4.69) is 14.2 Å². The molecule has 0 fully saturated rings. The third-order valence-corrected chi connectivity index (χ3v) is 1.89. The third kappa shape index (κ3) is 6.34. The molecule has 0 aromatic rings. The van der Waals surface area contributed by atoms with Gasteiger partial charge in [-0.2, -0.15) is 0 Å². The molecule has 0 N–H and O–H groups in total. The fourth-order valence-electron chi connectivity index (χ4n) is 1.04. The Kier molecular flexibility index (Phi) is 7.41. The van der Waals surface area contributed by atoms with Crippen molar-refractivity contribution in [2.75, 3.05) is 20.8 Å². The highest BCUT2D eigenvalue weighted by atomic mass is 16.5. The van der Waals surface area contributed by atoms with Crippen molar-refractivity contribution in [1.82, 2.24) is 0 Å². The number of esters is 3. The highest BCUT2D eigenvalue weighted by molar-refractivity contribution is 5.94. The summed E-state index contributed by atoms with van der Waals surface area (Å²) in [6.07, 6.45) is 3.24. The van der Waals surface area contributed by atoms with Crippen LogP contribution in [0.3, 0.4) is 0 Å². The summed E-state index contributed by atoms with van der Waals surface area (Å²) in [6.45, 7) is 1.39. The lowest BCUT2D eigenvalue weighted by Gasteiger charge is -2.09. The van der Waals surface area contributed by atoms with Crippen LogP contribution >= 0.6 is 0 Å². The Labute approximate surface area is 99.5 Å². The number of hydrogen-bond acceptors (Lipinski definition) is 6. The van der Waals surface area contributed by atoms with Gasteiger partial charge in [-0.15, -0.1) is 0 Å². The van der Waals surface area contributed by atoms with Crippen LogP contribution in [0.5, 0.6) is 0 Å². The quantitative estimate of drug-likeness (QED) is 0.292. The monoisotopic (exact) mass is 244 g/mol. The zero-order valence-electron chi connectivity index (χ0n) is 10.1. The largest absolute Gasteiger partial charge is 0.468 e. The second-order valence-corrected chi connectivity index (χ2v) is 3.11. The van der Waals surface area contributed by atoms with E-state index in [1.54, 1.807) is 12.2 Å². The molecular formula is C11H16O6. The molecule has 0 radical (unpaired) electrons. The average molecular weight is 244 g/mol. The maximum Gasteiger partial charge on any atom is 0.320 e. The second-order valence-electron chi connectivity index (χ2n) is 3.11. The van der Waals surface area contributed by atoms with Gasteiger partial charge in [-0.3, -0.25) is 14.4 Å². The van der Waals surface area contributed by atoms with E-state index in [0.717, 1.165) is 0 Å². The zero-order valence-corrected chi connectivity index (χ0v) is 10.1. The van der Waals surface area contributed by atoms with Crippen LogP contribution in [0.25, 0.3) is 0 Å². The molecule has 0 rings (SSSR count). The Bertz CT molecular complexity index is 291. The molecule has 0 bridgehead atoms. The Morgan fingerprint density at radius 2 is 1.59 bits per heavy atom. The molecule has 17 heavy (non-hydrogen) atoms. The van der Waals surface area contributed by atoms with Crippen LogP contribution in [-0.4, -0.2) is 38.7 Å². The Morgan fingerprint density at radius 1 is 1.06 bits per heavy atom. The van der Waals surface area contributed by atoms with Gasteiger partial charge < -0.3 is 14.2 Å². The first-order chi connectivity index (χ1) is 8.02. The number of methoxy groups -OCH3 is 2. The Hall–Kier alpha value is -1.85. The van der Waals surface area contributed by atoms with Gasteiger partial charge in [-0.25, -0.2) is 0 Å². The number of hydrogen-bond donors (Lipinski definition) is 0. The van der Waals surface area contributed by atoms with E-state index >= 15 is 0 Å². The topological polar surface area (TPSA) is 78.9 Å². The zero-order chi connectivity index (χ0) is 13.3. The highest BCUT2D eigenvalue weighted by Crippen LogP contribution is 2.08. The molecule has 0 aliphatic carbocycles. The van der Waals surface area contributed by atoms with Gasteiger partial charge in [0.15, 0.2) is 5.92 Å². The highest BCUT2D eigenvalue weighted by Gasteiger charge is 2.26. The van der Waals surface area contributed by atoms with Gasteiger partial charge in [0, 0.05) is 6.92 Å². The summed E-state index contributed by atoms with van der Waals surface area (Å²) >= 11 is 0. The SMILES string of the molecule is COC(=O)C(C/C=C/COC(C)=O)C(=O)OC. The molecule has 96 valence electrons. The van der Waals surface area contributed by atoms with Gasteiger partial charge in [-0.05, 0) is 6.42 Å². The standard InChI is InChI=1S/C11H16O6/c1-8(12)17-7-5-4-6-9(10(13)15-2)11(14)16-3/h4-5,9H,6-7H2,1-3H3/b5-4+. The molecule has 0 aromatic carbocycles. The molecule has 0 spiro atoms. The van der Waals surface area contributed by atoms with Crippen LogP contribution in [0, 0.1) is 5.92 Å². The van der Waals surface area contributed by atoms with Gasteiger partial charge in [0.1, 0.15) is 6.61 Å². The first kappa shape index (κ1) is 15.2. The lowest BCUT2D eigenvalue weighted by molar-refractivity contribution is -0.158. The van der Waals surface area contributed by atoms with Gasteiger partial charge >= 0.3 is 17.9 Å². The van der Waals surface area contributed by atoms with Crippen molar-refractivity contribution >= 4 is 17.9 Å². The minimum Gasteiger partial charge on any atom is -0.468 e. The molecule has 0 heterocycles. The maximum absolute atomic E-state index is 11.2. The number of rotatable bonds is 6. The second kappa shape index (κ2) is 8.32. The Morgan fingerprint density at radius 3 is 2.00 bits per heavy atom. The van der Waals surface area contributed by atoms with Gasteiger partial charge in [0.2, 0.25) is 0 Å². The predicted octanol–water partition coefficient (Wildman–Crippen LogP) is 0.458. The smallest absolute Gasteiger partial charge is 0.320 e. The molecule has 0 unspecified atom stereocenters. The maximum atomic E-state index is 11.2. The van der Waals surface area contributed by atoms with Crippen LogP contribution in [0.4, 0.5) is 0 Å². The first-order valence-electron chi connectivity index (χ1n) is 4.97. The van der Waals surface area contributed by atoms with Crippen molar-refractivity contribution in [2.24, 2.45) is 5.92 Å². The van der Waals surface area contributed by atoms with Crippen molar-refractivity contribution in [3.63, 3.8) is 0 Å². The molecule has 6 heteroatoms. The van der Waals surface area contributed by atoms with Gasteiger partial charge in [0.05, 0.1) is 14.2 Å². The summed E-state index contributed by atoms with van der Waals surface area (Å²) < 4.78 is 13.6. The molecule has 6 nitrogen and oxygen atoms in total. The number of carbonyl (C=O) groups excluding carboxylic acids is 3. The third-order valence-electron chi connectivity index (χ3n) is 1.89. The molecule has 0 aliphatic rings. The summed E-state index contributed by atoms with van der Waals surface area (Å²) in [4.78, 5) is 32.9. The fraction of sp³-hybridized carbons (Fsp3) is 0.545. The Balaban J connectivity index is 4.21. The number of allylic oxidation sites excluding steroid dienone is 1. The van der Waals surface area contributed by atoms with E-state index in [0.29, 0.717) is 0 Å². The number of carbonyl (C=O) groups is 3. The van der Waals surface area contributed by atoms with E-state index in [-0.39, 0.29) is 13.0 Å². The van der Waals surface area contributed by atoms with Crippen LogP contribution in [-0.2, 0) is 28.6 Å². The van der Waals surface area contributed by atoms with Crippen molar-refractivity contribution in [2.45, 2.75) is 13.3 Å². The summed E-state index contributed by atoms with van der Waals surface area (Å²) in [5.41, 5.74) is 0. The minimum atomic E-state index is -0.987. The van der Waals surface area contributed by atoms with Crippen LogP contribution in [0.2, 0.25) is 0 Å². The number of ether oxygens (including phenoxy) is 3. The van der Waals surface area contributed by atoms with Crippen LogP contribution in [0.15, 0.2) is 12.2 Å². The minimum absolute atomic E-state index is 0.102. The van der Waals surface area contributed by atoms with Crippen LogP contribution in [0.1, 0.15) is 13.3 Å². The van der Waals surface area contributed by atoms with Crippen molar-refractivity contribution in [3.05, 3.63) is 12.2 Å². The summed E-state index contributed by atoms with van der Waals surface area (Å²) in [7, 11) is 2.39. The predicted molar refractivity (Wildman–Crippen MR) is 57.9 cm³/mol. The summed E-state index contributed by atoms with van der Waals surface area (Å²) in [5, 5.41) is 0.